The van der Waals surface area contributed by atoms with Crippen LogP contribution in [0.25, 0.3) is 0 Å². The summed E-state index contributed by atoms with van der Waals surface area (Å²) < 4.78 is 0. The summed E-state index contributed by atoms with van der Waals surface area (Å²) in [5, 5.41) is 5.02. The molecule has 0 aliphatic carbocycles. The van der Waals surface area contributed by atoms with Crippen LogP contribution in [0.5, 0.6) is 0 Å². The van der Waals surface area contributed by atoms with Crippen LogP contribution in [0.1, 0.15) is 29.0 Å². The van der Waals surface area contributed by atoms with Gasteiger partial charge in [-0.05, 0) is 66.1 Å². The lowest BCUT2D eigenvalue weighted by Crippen LogP contribution is -2.17. The molecule has 25 heavy (non-hydrogen) atoms. The average Bonchev–Trinajstić information content (AvgIpc) is 2.62. The molecule has 1 N–H and O–H groups in total. The number of nitrogens with zero attached hydrogens (tertiary/aromatic N) is 1. The van der Waals surface area contributed by atoms with Crippen LogP contribution in [0, 0.1) is 0 Å². The predicted molar refractivity (Wildman–Crippen MR) is 105 cm³/mol. The van der Waals surface area contributed by atoms with Gasteiger partial charge in [0.2, 0.25) is 0 Å². The third kappa shape index (κ3) is 5.30. The Hall–Kier alpha value is -1.87. The smallest absolute Gasteiger partial charge is 0.0408 e. The molecule has 128 valence electrons. The zero-order valence-corrected chi connectivity index (χ0v) is 15.3. The predicted octanol–water partition coefficient (Wildman–Crippen LogP) is 5.70. The minimum atomic E-state index is 0.252. The Labute approximate surface area is 158 Å². The molecule has 0 radical (unpaired) electrons. The zero-order chi connectivity index (χ0) is 17.5. The van der Waals surface area contributed by atoms with Crippen molar-refractivity contribution in [2.24, 2.45) is 0 Å². The highest BCUT2D eigenvalue weighted by molar-refractivity contribution is 6.31. The Morgan fingerprint density at radius 3 is 2.00 bits per heavy atom. The van der Waals surface area contributed by atoms with Gasteiger partial charge in [0, 0.05) is 34.9 Å². The van der Waals surface area contributed by atoms with Gasteiger partial charge in [-0.25, -0.2) is 0 Å². The number of pyridine rings is 1. The second kappa shape index (κ2) is 9.00. The topological polar surface area (TPSA) is 24.9 Å². The van der Waals surface area contributed by atoms with E-state index >= 15 is 0 Å². The zero-order valence-electron chi connectivity index (χ0n) is 13.8. The maximum atomic E-state index is 6.20. The van der Waals surface area contributed by atoms with Crippen LogP contribution in [0.3, 0.4) is 0 Å². The Kier molecular flexibility index (Phi) is 6.46. The third-order valence-corrected chi connectivity index (χ3v) is 4.66. The van der Waals surface area contributed by atoms with Crippen LogP contribution in [-0.2, 0) is 6.54 Å². The van der Waals surface area contributed by atoms with Crippen molar-refractivity contribution in [1.82, 2.24) is 10.3 Å². The van der Waals surface area contributed by atoms with Crippen molar-refractivity contribution in [1.29, 1.82) is 0 Å². The van der Waals surface area contributed by atoms with Crippen LogP contribution in [-0.4, -0.2) is 11.5 Å². The Morgan fingerprint density at radius 1 is 0.840 bits per heavy atom. The molecular weight excluding hydrogens is 351 g/mol. The number of benzene rings is 2. The minimum Gasteiger partial charge on any atom is -0.313 e. The van der Waals surface area contributed by atoms with E-state index in [1.807, 2.05) is 60.9 Å². The van der Waals surface area contributed by atoms with E-state index in [-0.39, 0.29) is 5.92 Å². The van der Waals surface area contributed by atoms with Gasteiger partial charge in [0.05, 0.1) is 0 Å². The van der Waals surface area contributed by atoms with Crippen molar-refractivity contribution in [3.8, 4) is 0 Å². The van der Waals surface area contributed by atoms with E-state index in [1.165, 1.54) is 16.7 Å². The lowest BCUT2D eigenvalue weighted by molar-refractivity contribution is 0.611. The van der Waals surface area contributed by atoms with E-state index in [0.717, 1.165) is 29.6 Å². The van der Waals surface area contributed by atoms with Crippen LogP contribution >= 0.6 is 23.2 Å². The fourth-order valence-electron chi connectivity index (χ4n) is 2.95. The first-order valence-corrected chi connectivity index (χ1v) is 9.08. The number of hydrogen-bond acceptors (Lipinski definition) is 2. The second-order valence-electron chi connectivity index (χ2n) is 5.98. The van der Waals surface area contributed by atoms with E-state index in [1.54, 1.807) is 0 Å². The maximum Gasteiger partial charge on any atom is 0.0408 e. The van der Waals surface area contributed by atoms with Gasteiger partial charge in [0.15, 0.2) is 0 Å². The number of aromatic nitrogens is 1. The fraction of sp³-hybridized carbons (Fsp3) is 0.190. The maximum absolute atomic E-state index is 6.20. The van der Waals surface area contributed by atoms with E-state index in [9.17, 15) is 0 Å². The first-order valence-electron chi connectivity index (χ1n) is 8.33. The quantitative estimate of drug-likeness (QED) is 0.539. The fourth-order valence-corrected chi connectivity index (χ4v) is 3.35. The summed E-state index contributed by atoms with van der Waals surface area (Å²) in [6, 6.07) is 20.2. The highest BCUT2D eigenvalue weighted by atomic mass is 35.5. The molecule has 2 aromatic carbocycles. The van der Waals surface area contributed by atoms with Gasteiger partial charge in [0.25, 0.3) is 0 Å². The lowest BCUT2D eigenvalue weighted by atomic mass is 9.88. The number of hydrogen-bond donors (Lipinski definition) is 1. The number of halogens is 2. The van der Waals surface area contributed by atoms with Gasteiger partial charge in [0.1, 0.15) is 0 Å². The number of nitrogens with one attached hydrogen (secondary N) is 1. The van der Waals surface area contributed by atoms with Gasteiger partial charge in [-0.1, -0.05) is 47.5 Å². The molecule has 0 aliphatic rings. The minimum absolute atomic E-state index is 0.252. The standard InChI is InChI=1S/C21H20Cl2N2/c22-19-5-1-3-17(13-19)21(18-4-2-6-20(23)14-18)9-12-25-15-16-7-10-24-11-8-16/h1-8,10-11,13-14,21,25H,9,12,15H2. The summed E-state index contributed by atoms with van der Waals surface area (Å²) in [6.45, 7) is 1.73. The summed E-state index contributed by atoms with van der Waals surface area (Å²) in [4.78, 5) is 4.04. The van der Waals surface area contributed by atoms with E-state index < -0.39 is 0 Å². The highest BCUT2D eigenvalue weighted by Crippen LogP contribution is 2.30. The van der Waals surface area contributed by atoms with Crippen molar-refractivity contribution < 1.29 is 0 Å². The molecule has 1 heterocycles. The lowest BCUT2D eigenvalue weighted by Gasteiger charge is -2.19. The molecular formula is C21H20Cl2N2. The molecule has 0 aliphatic heterocycles. The molecule has 0 amide bonds. The van der Waals surface area contributed by atoms with Crippen LogP contribution in [0.15, 0.2) is 73.1 Å². The summed E-state index contributed by atoms with van der Waals surface area (Å²) in [5.41, 5.74) is 3.65. The summed E-state index contributed by atoms with van der Waals surface area (Å²) in [5.74, 6) is 0.252. The van der Waals surface area contributed by atoms with Crippen LogP contribution in [0.4, 0.5) is 0 Å². The molecule has 4 heteroatoms. The summed E-state index contributed by atoms with van der Waals surface area (Å²) >= 11 is 12.4. The second-order valence-corrected chi connectivity index (χ2v) is 6.86. The molecule has 0 saturated carbocycles. The first-order chi connectivity index (χ1) is 12.2. The van der Waals surface area contributed by atoms with Gasteiger partial charge in [-0.3, -0.25) is 4.98 Å². The normalized spacial score (nSPS) is 11.0. The number of rotatable bonds is 7. The highest BCUT2D eigenvalue weighted by Gasteiger charge is 2.14. The molecule has 0 fully saturated rings. The summed E-state index contributed by atoms with van der Waals surface area (Å²) in [6.07, 6.45) is 4.60. The monoisotopic (exact) mass is 370 g/mol. The molecule has 3 rings (SSSR count). The van der Waals surface area contributed by atoms with Gasteiger partial charge in [-0.2, -0.15) is 0 Å². The van der Waals surface area contributed by atoms with E-state index in [4.69, 9.17) is 23.2 Å². The van der Waals surface area contributed by atoms with Crippen LogP contribution in [0.2, 0.25) is 10.0 Å². The Bertz CT molecular complexity index is 760. The van der Waals surface area contributed by atoms with Gasteiger partial charge in [-0.15, -0.1) is 0 Å². The molecule has 1 aromatic heterocycles. The molecule has 0 atom stereocenters. The van der Waals surface area contributed by atoms with Crippen LogP contribution < -0.4 is 5.32 Å². The van der Waals surface area contributed by atoms with Crippen molar-refractivity contribution in [3.05, 3.63) is 99.8 Å². The van der Waals surface area contributed by atoms with Crippen molar-refractivity contribution in [2.45, 2.75) is 18.9 Å². The van der Waals surface area contributed by atoms with Gasteiger partial charge < -0.3 is 5.32 Å². The largest absolute Gasteiger partial charge is 0.313 e. The van der Waals surface area contributed by atoms with Crippen molar-refractivity contribution in [2.75, 3.05) is 6.54 Å². The van der Waals surface area contributed by atoms with E-state index in [0.29, 0.717) is 0 Å². The molecule has 0 spiro atoms. The van der Waals surface area contributed by atoms with Gasteiger partial charge >= 0.3 is 0 Å². The average molecular weight is 371 g/mol. The molecule has 3 aromatic rings. The summed E-state index contributed by atoms with van der Waals surface area (Å²) in [7, 11) is 0. The Balaban J connectivity index is 1.70. The molecule has 0 saturated heterocycles. The molecule has 2 nitrogen and oxygen atoms in total. The van der Waals surface area contributed by atoms with Crippen molar-refractivity contribution >= 4 is 23.2 Å². The first kappa shape index (κ1) is 17.9. The Morgan fingerprint density at radius 2 is 1.44 bits per heavy atom. The molecule has 0 bridgehead atoms. The SMILES string of the molecule is Clc1cccc(C(CCNCc2ccncc2)c2cccc(Cl)c2)c1. The molecule has 0 unspecified atom stereocenters. The van der Waals surface area contributed by atoms with Crippen molar-refractivity contribution in [3.63, 3.8) is 0 Å². The third-order valence-electron chi connectivity index (χ3n) is 4.19. The van der Waals surface area contributed by atoms with E-state index in [2.05, 4.69) is 22.4 Å².